The molecular formula is C15H23N3O3. The number of nitrogens with zero attached hydrogens (tertiary/aromatic N) is 1. The second kappa shape index (κ2) is 5.42. The van der Waals surface area contributed by atoms with Crippen molar-refractivity contribution in [2.75, 3.05) is 6.54 Å². The number of hydrogen-bond donors (Lipinski definition) is 3. The van der Waals surface area contributed by atoms with Gasteiger partial charge in [0.1, 0.15) is 0 Å². The maximum absolute atomic E-state index is 12.3. The monoisotopic (exact) mass is 293 g/mol. The summed E-state index contributed by atoms with van der Waals surface area (Å²) in [6.07, 6.45) is 4.10. The number of carbonyl (C=O) groups excluding carboxylic acids is 1. The number of fused-ring (bicyclic) bond motifs is 1. The molecule has 2 atom stereocenters. The molecule has 1 saturated carbocycles. The van der Waals surface area contributed by atoms with E-state index in [0.717, 1.165) is 30.5 Å². The van der Waals surface area contributed by atoms with Crippen LogP contribution < -0.4 is 5.32 Å². The molecule has 2 heterocycles. The topological polar surface area (TPSA) is 87.2 Å². The highest BCUT2D eigenvalue weighted by molar-refractivity contribution is 5.94. The molecule has 6 heteroatoms. The summed E-state index contributed by atoms with van der Waals surface area (Å²) in [6, 6.07) is 0. The third kappa shape index (κ3) is 2.82. The van der Waals surface area contributed by atoms with Gasteiger partial charge in [0.25, 0.3) is 5.91 Å². The quantitative estimate of drug-likeness (QED) is 0.784. The summed E-state index contributed by atoms with van der Waals surface area (Å²) in [6.45, 7) is 4.44. The molecule has 1 aromatic rings. The summed E-state index contributed by atoms with van der Waals surface area (Å²) in [5, 5.41) is 20.0. The van der Waals surface area contributed by atoms with Crippen LogP contribution in [-0.2, 0) is 11.2 Å². The second-order valence-electron chi connectivity index (χ2n) is 6.34. The second-order valence-corrected chi connectivity index (χ2v) is 6.34. The van der Waals surface area contributed by atoms with E-state index >= 15 is 0 Å². The lowest BCUT2D eigenvalue weighted by Crippen LogP contribution is -2.40. The molecule has 1 amide bonds. The third-order valence-corrected chi connectivity index (χ3v) is 4.61. The number of aliphatic hydroxyl groups is 1. The van der Waals surface area contributed by atoms with Crippen molar-refractivity contribution in [3.63, 3.8) is 0 Å². The number of carbonyl (C=O) groups is 1. The fourth-order valence-corrected chi connectivity index (χ4v) is 3.19. The lowest BCUT2D eigenvalue weighted by molar-refractivity contribution is -0.0390. The lowest BCUT2D eigenvalue weighted by Gasteiger charge is -2.36. The van der Waals surface area contributed by atoms with E-state index in [1.165, 1.54) is 0 Å². The van der Waals surface area contributed by atoms with E-state index in [4.69, 9.17) is 4.74 Å². The summed E-state index contributed by atoms with van der Waals surface area (Å²) < 4.78 is 5.72. The zero-order valence-corrected chi connectivity index (χ0v) is 12.6. The predicted octanol–water partition coefficient (Wildman–Crippen LogP) is 1.47. The Hall–Kier alpha value is -1.40. The van der Waals surface area contributed by atoms with Crippen molar-refractivity contribution in [2.24, 2.45) is 0 Å². The first kappa shape index (κ1) is 14.5. The molecule has 1 aliphatic carbocycles. The Labute approximate surface area is 124 Å². The number of aromatic nitrogens is 2. The van der Waals surface area contributed by atoms with E-state index in [-0.39, 0.29) is 18.1 Å². The molecule has 3 N–H and O–H groups in total. The summed E-state index contributed by atoms with van der Waals surface area (Å²) in [5.41, 5.74) is 1.76. The average molecular weight is 293 g/mol. The minimum atomic E-state index is -0.560. The van der Waals surface area contributed by atoms with E-state index in [9.17, 15) is 9.90 Å². The van der Waals surface area contributed by atoms with Crippen LogP contribution in [0.4, 0.5) is 0 Å². The maximum atomic E-state index is 12.3. The van der Waals surface area contributed by atoms with Crippen molar-refractivity contribution in [1.82, 2.24) is 15.5 Å². The van der Waals surface area contributed by atoms with E-state index in [1.807, 2.05) is 13.8 Å². The van der Waals surface area contributed by atoms with Crippen molar-refractivity contribution in [3.8, 4) is 0 Å². The van der Waals surface area contributed by atoms with Gasteiger partial charge in [-0.25, -0.2) is 0 Å². The van der Waals surface area contributed by atoms with E-state index in [2.05, 4.69) is 15.5 Å². The molecule has 3 rings (SSSR count). The molecule has 6 nitrogen and oxygen atoms in total. The Bertz CT molecular complexity index is 536. The van der Waals surface area contributed by atoms with Crippen LogP contribution in [0.5, 0.6) is 0 Å². The van der Waals surface area contributed by atoms with Crippen LogP contribution in [0.15, 0.2) is 0 Å². The molecule has 1 fully saturated rings. The molecule has 0 unspecified atom stereocenters. The Morgan fingerprint density at radius 3 is 2.95 bits per heavy atom. The summed E-state index contributed by atoms with van der Waals surface area (Å²) in [7, 11) is 0. The van der Waals surface area contributed by atoms with Crippen molar-refractivity contribution >= 4 is 5.91 Å². The van der Waals surface area contributed by atoms with Crippen LogP contribution in [0.2, 0.25) is 0 Å². The van der Waals surface area contributed by atoms with Gasteiger partial charge in [-0.3, -0.25) is 9.89 Å². The normalized spacial score (nSPS) is 26.8. The lowest BCUT2D eigenvalue weighted by atomic mass is 9.78. The molecule has 0 spiro atoms. The minimum Gasteiger partial charge on any atom is -0.390 e. The van der Waals surface area contributed by atoms with Crippen LogP contribution in [0.25, 0.3) is 0 Å². The Morgan fingerprint density at radius 2 is 2.29 bits per heavy atom. The SMILES string of the molecule is C[C@@H]1Cc2c(C(=O)NCCC3(O)CCC3)n[nH]c2[C@H](C)O1. The van der Waals surface area contributed by atoms with Crippen LogP contribution in [-0.4, -0.2) is 39.5 Å². The maximum Gasteiger partial charge on any atom is 0.272 e. The van der Waals surface area contributed by atoms with Crippen LogP contribution in [0, 0.1) is 0 Å². The number of nitrogens with one attached hydrogen (secondary N) is 2. The predicted molar refractivity (Wildman–Crippen MR) is 77.0 cm³/mol. The summed E-state index contributed by atoms with van der Waals surface area (Å²) in [4.78, 5) is 12.3. The van der Waals surface area contributed by atoms with E-state index in [0.29, 0.717) is 25.1 Å². The highest BCUT2D eigenvalue weighted by Crippen LogP contribution is 2.34. The van der Waals surface area contributed by atoms with Crippen molar-refractivity contribution in [3.05, 3.63) is 17.0 Å². The molecule has 0 saturated heterocycles. The zero-order chi connectivity index (χ0) is 15.0. The molecule has 1 aromatic heterocycles. The van der Waals surface area contributed by atoms with E-state index < -0.39 is 5.60 Å². The fourth-order valence-electron chi connectivity index (χ4n) is 3.19. The van der Waals surface area contributed by atoms with Crippen LogP contribution in [0.3, 0.4) is 0 Å². The minimum absolute atomic E-state index is 0.0616. The van der Waals surface area contributed by atoms with Gasteiger partial charge in [0.2, 0.25) is 0 Å². The van der Waals surface area contributed by atoms with Gasteiger partial charge in [0.05, 0.1) is 23.5 Å². The first-order valence-electron chi connectivity index (χ1n) is 7.72. The molecular weight excluding hydrogens is 270 g/mol. The van der Waals surface area contributed by atoms with Gasteiger partial charge in [0.15, 0.2) is 5.69 Å². The van der Waals surface area contributed by atoms with Gasteiger partial charge < -0.3 is 15.2 Å². The van der Waals surface area contributed by atoms with Gasteiger partial charge in [-0.2, -0.15) is 5.10 Å². The molecule has 0 aromatic carbocycles. The molecule has 1 aliphatic heterocycles. The van der Waals surface area contributed by atoms with Gasteiger partial charge >= 0.3 is 0 Å². The smallest absolute Gasteiger partial charge is 0.272 e. The number of amides is 1. The van der Waals surface area contributed by atoms with Crippen molar-refractivity contribution in [1.29, 1.82) is 0 Å². The highest BCUT2D eigenvalue weighted by atomic mass is 16.5. The average Bonchev–Trinajstić information content (AvgIpc) is 2.80. The number of hydrogen-bond acceptors (Lipinski definition) is 4. The first-order valence-corrected chi connectivity index (χ1v) is 7.72. The Kier molecular flexibility index (Phi) is 3.75. The Morgan fingerprint density at radius 1 is 1.52 bits per heavy atom. The fraction of sp³-hybridized carbons (Fsp3) is 0.733. The molecule has 116 valence electrons. The highest BCUT2D eigenvalue weighted by Gasteiger charge is 2.34. The first-order chi connectivity index (χ1) is 9.98. The molecule has 0 radical (unpaired) electrons. The third-order valence-electron chi connectivity index (χ3n) is 4.61. The van der Waals surface area contributed by atoms with Gasteiger partial charge in [0, 0.05) is 18.5 Å². The van der Waals surface area contributed by atoms with Crippen molar-refractivity contribution in [2.45, 2.75) is 63.8 Å². The number of H-pyrrole nitrogens is 1. The standard InChI is InChI=1S/C15H23N3O3/c1-9-8-11-12(10(2)21-9)17-18-13(11)14(19)16-7-6-15(20)4-3-5-15/h9-10,20H,3-8H2,1-2H3,(H,16,19)(H,17,18)/t9-,10+/m1/s1. The Balaban J connectivity index is 1.63. The molecule has 2 aliphatic rings. The number of rotatable bonds is 4. The largest absolute Gasteiger partial charge is 0.390 e. The summed E-state index contributed by atoms with van der Waals surface area (Å²) in [5.74, 6) is -0.170. The molecule has 21 heavy (non-hydrogen) atoms. The number of aromatic amines is 1. The zero-order valence-electron chi connectivity index (χ0n) is 12.6. The number of ether oxygens (including phenoxy) is 1. The molecule has 0 bridgehead atoms. The van der Waals surface area contributed by atoms with Crippen molar-refractivity contribution < 1.29 is 14.6 Å². The van der Waals surface area contributed by atoms with Gasteiger partial charge in [-0.05, 0) is 39.5 Å². The van der Waals surface area contributed by atoms with Crippen LogP contribution >= 0.6 is 0 Å². The van der Waals surface area contributed by atoms with Gasteiger partial charge in [-0.15, -0.1) is 0 Å². The van der Waals surface area contributed by atoms with Crippen LogP contribution in [0.1, 0.15) is 67.4 Å². The van der Waals surface area contributed by atoms with Gasteiger partial charge in [-0.1, -0.05) is 0 Å². The van der Waals surface area contributed by atoms with E-state index in [1.54, 1.807) is 0 Å². The summed E-state index contributed by atoms with van der Waals surface area (Å²) >= 11 is 0.